The number of piperidine rings is 1. The summed E-state index contributed by atoms with van der Waals surface area (Å²) in [5.41, 5.74) is 0.622. The lowest BCUT2D eigenvalue weighted by molar-refractivity contribution is -0.143. The number of carbonyl (C=O) groups excluding carboxylic acids is 1. The number of ether oxygens (including phenoxy) is 2. The van der Waals surface area contributed by atoms with E-state index in [1.807, 2.05) is 6.92 Å². The summed E-state index contributed by atoms with van der Waals surface area (Å²) in [5, 5.41) is 0. The molecule has 1 amide bonds. The van der Waals surface area contributed by atoms with Gasteiger partial charge in [-0.25, -0.2) is 0 Å². The van der Waals surface area contributed by atoms with Crippen LogP contribution >= 0.6 is 0 Å². The highest BCUT2D eigenvalue weighted by Crippen LogP contribution is 2.48. The van der Waals surface area contributed by atoms with Gasteiger partial charge in [0.05, 0.1) is 18.5 Å². The Bertz CT molecular complexity index is 1220. The van der Waals surface area contributed by atoms with Crippen LogP contribution in [-0.2, 0) is 11.8 Å². The Hall–Kier alpha value is -3.42. The van der Waals surface area contributed by atoms with E-state index in [1.165, 1.54) is 10.6 Å². The van der Waals surface area contributed by atoms with E-state index in [0.29, 0.717) is 54.4 Å². The number of aromatic nitrogens is 1. The Morgan fingerprint density at radius 3 is 2.45 bits per heavy atom. The Morgan fingerprint density at radius 1 is 1.06 bits per heavy atom. The smallest absolute Gasteiger partial charge is 0.431 e. The molecule has 3 aromatic rings. The van der Waals surface area contributed by atoms with Gasteiger partial charge < -0.3 is 18.9 Å². The molecule has 0 saturated carbocycles. The fourth-order valence-corrected chi connectivity index (χ4v) is 4.89. The molecule has 1 spiro atoms. The van der Waals surface area contributed by atoms with Crippen molar-refractivity contribution in [2.24, 2.45) is 0 Å². The lowest BCUT2D eigenvalue weighted by Gasteiger charge is -2.45. The van der Waals surface area contributed by atoms with Crippen molar-refractivity contribution in [2.75, 3.05) is 20.2 Å². The quantitative estimate of drug-likeness (QED) is 0.523. The maximum atomic E-state index is 13.8. The summed E-state index contributed by atoms with van der Waals surface area (Å²) < 4.78 is 54.2. The van der Waals surface area contributed by atoms with Crippen molar-refractivity contribution in [1.82, 2.24) is 9.47 Å². The fourth-order valence-electron chi connectivity index (χ4n) is 4.89. The van der Waals surface area contributed by atoms with Gasteiger partial charge >= 0.3 is 6.18 Å². The predicted molar refractivity (Wildman–Crippen MR) is 116 cm³/mol. The number of nitrogens with zero attached hydrogens (tertiary/aromatic N) is 2. The van der Waals surface area contributed by atoms with Gasteiger partial charge in [-0.05, 0) is 55.0 Å². The summed E-state index contributed by atoms with van der Waals surface area (Å²) in [4.78, 5) is 14.8. The third-order valence-corrected chi connectivity index (χ3v) is 6.55. The molecule has 2 aliphatic heterocycles. The van der Waals surface area contributed by atoms with Crippen molar-refractivity contribution in [1.29, 1.82) is 0 Å². The summed E-state index contributed by atoms with van der Waals surface area (Å²) in [6.45, 7) is 2.62. The summed E-state index contributed by atoms with van der Waals surface area (Å²) in [5.74, 6) is 1.01. The monoisotopic (exact) mass is 456 g/mol. The van der Waals surface area contributed by atoms with Crippen molar-refractivity contribution in [3.63, 3.8) is 0 Å². The first-order valence-electron chi connectivity index (χ1n) is 10.8. The van der Waals surface area contributed by atoms with E-state index >= 15 is 0 Å². The Kier molecular flexibility index (Phi) is 4.92. The van der Waals surface area contributed by atoms with Gasteiger partial charge in [0, 0.05) is 31.5 Å². The minimum atomic E-state index is -4.49. The fraction of sp³-hybridized carbons (Fsp3) is 0.320. The van der Waals surface area contributed by atoms with Gasteiger partial charge in [-0.3, -0.25) is 4.79 Å². The average molecular weight is 456 g/mol. The van der Waals surface area contributed by atoms with E-state index in [0.717, 1.165) is 11.6 Å². The van der Waals surface area contributed by atoms with Crippen LogP contribution in [0.5, 0.6) is 11.5 Å². The molecule has 2 aromatic carbocycles. The highest BCUT2D eigenvalue weighted by molar-refractivity contribution is 5.94. The van der Waals surface area contributed by atoms with Gasteiger partial charge in [-0.15, -0.1) is 0 Å². The van der Waals surface area contributed by atoms with Crippen molar-refractivity contribution >= 4 is 5.91 Å². The summed E-state index contributed by atoms with van der Waals surface area (Å²) in [7, 11) is 1.58. The van der Waals surface area contributed by atoms with Crippen LogP contribution in [0.15, 0.2) is 54.6 Å². The zero-order valence-electron chi connectivity index (χ0n) is 18.3. The number of hydrogen-bond donors (Lipinski definition) is 0. The number of fused-ring (bicyclic) bond motifs is 4. The van der Waals surface area contributed by atoms with Gasteiger partial charge in [0.25, 0.3) is 5.91 Å². The lowest BCUT2D eigenvalue weighted by Crippen LogP contribution is -2.50. The topological polar surface area (TPSA) is 43.7 Å². The highest BCUT2D eigenvalue weighted by Gasteiger charge is 2.48. The number of amides is 1. The number of halogens is 3. The van der Waals surface area contributed by atoms with Gasteiger partial charge in [0.1, 0.15) is 17.2 Å². The van der Waals surface area contributed by atoms with Crippen molar-refractivity contribution in [3.05, 3.63) is 77.1 Å². The SMILES string of the molecule is COc1ccc(C(=O)N2CCC3(CC2)Oc2ccccc2-n2c(C(F)(F)F)ccc23)cc1C. The first-order valence-corrected chi connectivity index (χ1v) is 10.8. The highest BCUT2D eigenvalue weighted by atomic mass is 19.4. The third kappa shape index (κ3) is 3.44. The Morgan fingerprint density at radius 2 is 1.79 bits per heavy atom. The molecule has 2 aliphatic rings. The number of benzene rings is 2. The van der Waals surface area contributed by atoms with Crippen LogP contribution in [0.3, 0.4) is 0 Å². The lowest BCUT2D eigenvalue weighted by atomic mass is 9.86. The largest absolute Gasteiger partial charge is 0.496 e. The molecule has 8 heteroatoms. The summed E-state index contributed by atoms with van der Waals surface area (Å²) >= 11 is 0. The predicted octanol–water partition coefficient (Wildman–Crippen LogP) is 5.34. The van der Waals surface area contributed by atoms with Crippen molar-refractivity contribution in [2.45, 2.75) is 31.5 Å². The van der Waals surface area contributed by atoms with E-state index in [1.54, 1.807) is 54.5 Å². The van der Waals surface area contributed by atoms with Crippen LogP contribution in [0, 0.1) is 6.92 Å². The molecule has 5 nitrogen and oxygen atoms in total. The summed E-state index contributed by atoms with van der Waals surface area (Å²) in [6, 6.07) is 14.7. The molecule has 33 heavy (non-hydrogen) atoms. The number of aryl methyl sites for hydroxylation is 1. The maximum absolute atomic E-state index is 13.8. The standard InChI is InChI=1S/C25H23F3N2O3/c1-16-15-17(7-8-19(16)32-2)23(31)29-13-11-24(12-14-29)21-9-10-22(25(26,27)28)30(21)18-5-3-4-6-20(18)33-24/h3-10,15H,11-14H2,1-2H3. The number of alkyl halides is 3. The first kappa shape index (κ1) is 21.4. The molecular weight excluding hydrogens is 433 g/mol. The van der Waals surface area contributed by atoms with E-state index in [9.17, 15) is 18.0 Å². The van der Waals surface area contributed by atoms with Crippen LogP contribution in [0.25, 0.3) is 5.69 Å². The van der Waals surface area contributed by atoms with Crippen molar-refractivity contribution in [3.8, 4) is 17.2 Å². The molecule has 0 unspecified atom stereocenters. The molecule has 1 saturated heterocycles. The normalized spacial score (nSPS) is 16.7. The van der Waals surface area contributed by atoms with E-state index in [2.05, 4.69) is 0 Å². The molecule has 1 aromatic heterocycles. The molecule has 0 aliphatic carbocycles. The minimum absolute atomic E-state index is 0.113. The average Bonchev–Trinajstić information content (AvgIpc) is 3.27. The number of likely N-dealkylation sites (tertiary alicyclic amines) is 1. The molecule has 0 atom stereocenters. The molecule has 1 fully saturated rings. The molecule has 172 valence electrons. The second-order valence-corrected chi connectivity index (χ2v) is 8.48. The van der Waals surface area contributed by atoms with Crippen LogP contribution in [0.2, 0.25) is 0 Å². The molecule has 5 rings (SSSR count). The van der Waals surface area contributed by atoms with E-state index in [-0.39, 0.29) is 5.91 Å². The number of rotatable bonds is 2. The minimum Gasteiger partial charge on any atom is -0.496 e. The van der Waals surface area contributed by atoms with Crippen LogP contribution < -0.4 is 9.47 Å². The molecular formula is C25H23F3N2O3. The first-order chi connectivity index (χ1) is 15.7. The van der Waals surface area contributed by atoms with Gasteiger partial charge in [0.2, 0.25) is 0 Å². The van der Waals surface area contributed by atoms with Crippen molar-refractivity contribution < 1.29 is 27.4 Å². The van der Waals surface area contributed by atoms with Crippen LogP contribution in [0.1, 0.15) is 40.2 Å². The number of para-hydroxylation sites is 2. The van der Waals surface area contributed by atoms with E-state index < -0.39 is 17.5 Å². The maximum Gasteiger partial charge on any atom is 0.431 e. The number of methoxy groups -OCH3 is 1. The number of hydrogen-bond acceptors (Lipinski definition) is 3. The Balaban J connectivity index is 1.45. The van der Waals surface area contributed by atoms with Gasteiger partial charge in [-0.1, -0.05) is 12.1 Å². The van der Waals surface area contributed by atoms with Gasteiger partial charge in [-0.2, -0.15) is 13.2 Å². The van der Waals surface area contributed by atoms with Crippen LogP contribution in [-0.4, -0.2) is 35.6 Å². The molecule has 0 N–H and O–H groups in total. The molecule has 0 radical (unpaired) electrons. The third-order valence-electron chi connectivity index (χ3n) is 6.55. The molecule has 0 bridgehead atoms. The van der Waals surface area contributed by atoms with Crippen LogP contribution in [0.4, 0.5) is 13.2 Å². The second-order valence-electron chi connectivity index (χ2n) is 8.48. The molecule has 3 heterocycles. The summed E-state index contributed by atoms with van der Waals surface area (Å²) in [6.07, 6.45) is -3.71. The Labute approximate surface area is 189 Å². The number of carbonyl (C=O) groups is 1. The second kappa shape index (κ2) is 7.57. The van der Waals surface area contributed by atoms with Gasteiger partial charge in [0.15, 0.2) is 5.60 Å². The zero-order valence-corrected chi connectivity index (χ0v) is 18.3. The van der Waals surface area contributed by atoms with E-state index in [4.69, 9.17) is 9.47 Å². The zero-order chi connectivity index (χ0) is 23.4.